The number of halogens is 1. The summed E-state index contributed by atoms with van der Waals surface area (Å²) in [6, 6.07) is 6.47. The lowest BCUT2D eigenvalue weighted by Gasteiger charge is -2.09. The first-order chi connectivity index (χ1) is 14.7. The van der Waals surface area contributed by atoms with Crippen molar-refractivity contribution in [2.45, 2.75) is 38.1 Å². The van der Waals surface area contributed by atoms with Crippen LogP contribution in [0.15, 0.2) is 24.4 Å². The number of hydrogen-bond donors (Lipinski definition) is 3. The van der Waals surface area contributed by atoms with Crippen molar-refractivity contribution < 1.29 is 4.74 Å². The Kier molecular flexibility index (Phi) is 6.53. The molecule has 0 spiro atoms. The third kappa shape index (κ3) is 5.11. The Morgan fingerprint density at radius 3 is 2.90 bits per heavy atom. The van der Waals surface area contributed by atoms with Crippen LogP contribution >= 0.6 is 22.9 Å². The molecule has 7 nitrogen and oxygen atoms in total. The number of aromatic nitrogens is 4. The van der Waals surface area contributed by atoms with E-state index in [0.717, 1.165) is 41.0 Å². The molecule has 9 heteroatoms. The van der Waals surface area contributed by atoms with Crippen LogP contribution in [-0.4, -0.2) is 39.4 Å². The Hall–Kier alpha value is -2.60. The van der Waals surface area contributed by atoms with Gasteiger partial charge in [0.1, 0.15) is 5.02 Å². The zero-order chi connectivity index (χ0) is 20.9. The van der Waals surface area contributed by atoms with Crippen molar-refractivity contribution in [2.75, 3.05) is 23.8 Å². The highest BCUT2D eigenvalue weighted by Gasteiger charge is 2.25. The molecule has 3 N–H and O–H groups in total. The van der Waals surface area contributed by atoms with Gasteiger partial charge in [0.25, 0.3) is 0 Å². The van der Waals surface area contributed by atoms with Crippen LogP contribution in [0.25, 0.3) is 10.7 Å². The van der Waals surface area contributed by atoms with Crippen molar-refractivity contribution in [3.05, 3.63) is 35.1 Å². The first-order valence-corrected chi connectivity index (χ1v) is 11.0. The van der Waals surface area contributed by atoms with Crippen molar-refractivity contribution in [3.63, 3.8) is 0 Å². The van der Waals surface area contributed by atoms with Crippen molar-refractivity contribution >= 4 is 39.6 Å². The fourth-order valence-electron chi connectivity index (χ4n) is 3.08. The second-order valence-corrected chi connectivity index (χ2v) is 8.65. The second-order valence-electron chi connectivity index (χ2n) is 7.16. The summed E-state index contributed by atoms with van der Waals surface area (Å²) in [5, 5.41) is 15.6. The van der Waals surface area contributed by atoms with Gasteiger partial charge in [-0.25, -0.2) is 9.97 Å². The summed E-state index contributed by atoms with van der Waals surface area (Å²) in [6.45, 7) is 3.23. The minimum Gasteiger partial charge on any atom is -0.379 e. The average Bonchev–Trinajstić information content (AvgIpc) is 3.12. The molecule has 1 saturated carbocycles. The van der Waals surface area contributed by atoms with E-state index in [2.05, 4.69) is 49.2 Å². The number of nitrogens with one attached hydrogen (secondary N) is 3. The van der Waals surface area contributed by atoms with Crippen LogP contribution in [0.5, 0.6) is 0 Å². The fraction of sp³-hybridized carbons (Fsp3) is 0.381. The van der Waals surface area contributed by atoms with Crippen LogP contribution in [0.2, 0.25) is 5.02 Å². The normalized spacial score (nSPS) is 17.7. The molecule has 2 aliphatic rings. The first kappa shape index (κ1) is 20.7. The molecule has 0 amide bonds. The van der Waals surface area contributed by atoms with E-state index in [0.29, 0.717) is 28.6 Å². The van der Waals surface area contributed by atoms with E-state index < -0.39 is 0 Å². The lowest BCUT2D eigenvalue weighted by Crippen LogP contribution is -2.17. The SMILES string of the molecule is C#CC.Clc1cnc(-c2ccc(NC3CCOC3)s2)nc1Nc1cc(C2CC2)[nH]n1. The third-order valence-electron chi connectivity index (χ3n) is 4.71. The maximum Gasteiger partial charge on any atom is 0.171 e. The van der Waals surface area contributed by atoms with Crippen LogP contribution in [0.3, 0.4) is 0 Å². The van der Waals surface area contributed by atoms with E-state index in [1.807, 2.05) is 12.1 Å². The molecular formula is C21H23ClN6OS. The molecule has 30 heavy (non-hydrogen) atoms. The van der Waals surface area contributed by atoms with Gasteiger partial charge in [0.2, 0.25) is 0 Å². The largest absolute Gasteiger partial charge is 0.379 e. The topological polar surface area (TPSA) is 87.8 Å². The summed E-state index contributed by atoms with van der Waals surface area (Å²) >= 11 is 7.91. The van der Waals surface area contributed by atoms with E-state index >= 15 is 0 Å². The van der Waals surface area contributed by atoms with Gasteiger partial charge in [0.15, 0.2) is 17.5 Å². The number of anilines is 3. The molecule has 3 aromatic heterocycles. The zero-order valence-corrected chi connectivity index (χ0v) is 18.2. The van der Waals surface area contributed by atoms with Gasteiger partial charge in [-0.1, -0.05) is 11.6 Å². The first-order valence-electron chi connectivity index (χ1n) is 9.83. The maximum atomic E-state index is 6.29. The van der Waals surface area contributed by atoms with Crippen molar-refractivity contribution in [3.8, 4) is 23.0 Å². The van der Waals surface area contributed by atoms with E-state index in [4.69, 9.17) is 16.3 Å². The molecule has 1 unspecified atom stereocenters. The van der Waals surface area contributed by atoms with E-state index in [9.17, 15) is 0 Å². The van der Waals surface area contributed by atoms with Gasteiger partial charge in [0, 0.05) is 24.3 Å². The predicted octanol–water partition coefficient (Wildman–Crippen LogP) is 5.04. The molecule has 1 aliphatic heterocycles. The molecule has 0 aromatic carbocycles. The molecule has 0 bridgehead atoms. The standard InChI is InChI=1S/C18H19ClN6OS.C3H4/c19-12-8-20-18(14-3-4-16(27-14)21-11-5-6-26-9-11)23-17(12)22-15-7-13(24-25-15)10-1-2-10;1-3-2/h3-4,7-8,10-11,21H,1-2,5-6,9H2,(H2,20,22,23,24,25);1H,2H3. The van der Waals surface area contributed by atoms with E-state index in [1.54, 1.807) is 24.5 Å². The van der Waals surface area contributed by atoms with Gasteiger partial charge in [-0.3, -0.25) is 5.10 Å². The fourth-order valence-corrected chi connectivity index (χ4v) is 4.15. The smallest absolute Gasteiger partial charge is 0.171 e. The Bertz CT molecular complexity index is 1030. The van der Waals surface area contributed by atoms with Gasteiger partial charge in [0.05, 0.1) is 28.7 Å². The second kappa shape index (κ2) is 9.47. The average molecular weight is 443 g/mol. The maximum absolute atomic E-state index is 6.29. The number of ether oxygens (including phenoxy) is 1. The minimum atomic E-state index is 0.375. The van der Waals surface area contributed by atoms with Gasteiger partial charge in [-0.2, -0.15) is 5.10 Å². The Balaban J connectivity index is 0.000000687. The molecule has 4 heterocycles. The zero-order valence-electron chi connectivity index (χ0n) is 16.6. The lowest BCUT2D eigenvalue weighted by atomic mass is 10.3. The number of rotatable bonds is 6. The van der Waals surface area contributed by atoms with Gasteiger partial charge < -0.3 is 15.4 Å². The quantitative estimate of drug-likeness (QED) is 0.463. The third-order valence-corrected chi connectivity index (χ3v) is 6.00. The summed E-state index contributed by atoms with van der Waals surface area (Å²) in [4.78, 5) is 9.97. The molecule has 1 saturated heterocycles. The van der Waals surface area contributed by atoms with Crippen LogP contribution in [0, 0.1) is 12.3 Å². The molecule has 1 atom stereocenters. The number of hydrogen-bond acceptors (Lipinski definition) is 7. The number of H-pyrrole nitrogens is 1. The Morgan fingerprint density at radius 1 is 1.33 bits per heavy atom. The highest BCUT2D eigenvalue weighted by Crippen LogP contribution is 2.40. The molecule has 0 radical (unpaired) electrons. The lowest BCUT2D eigenvalue weighted by molar-refractivity contribution is 0.195. The van der Waals surface area contributed by atoms with Crippen molar-refractivity contribution in [1.82, 2.24) is 20.2 Å². The van der Waals surface area contributed by atoms with Gasteiger partial charge >= 0.3 is 0 Å². The minimum absolute atomic E-state index is 0.375. The summed E-state index contributed by atoms with van der Waals surface area (Å²) in [5.41, 5.74) is 1.16. The Labute approximate surface area is 184 Å². The molecule has 1 aliphatic carbocycles. The summed E-state index contributed by atoms with van der Waals surface area (Å²) in [5.74, 6) is 4.79. The van der Waals surface area contributed by atoms with Gasteiger partial charge in [-0.15, -0.1) is 23.7 Å². The summed E-state index contributed by atoms with van der Waals surface area (Å²) < 4.78 is 5.41. The van der Waals surface area contributed by atoms with E-state index in [1.165, 1.54) is 12.8 Å². The molecule has 156 valence electrons. The monoisotopic (exact) mass is 442 g/mol. The predicted molar refractivity (Wildman–Crippen MR) is 122 cm³/mol. The highest BCUT2D eigenvalue weighted by molar-refractivity contribution is 7.19. The van der Waals surface area contributed by atoms with Crippen LogP contribution in [0.4, 0.5) is 16.6 Å². The van der Waals surface area contributed by atoms with Crippen LogP contribution < -0.4 is 10.6 Å². The van der Waals surface area contributed by atoms with Crippen molar-refractivity contribution in [2.24, 2.45) is 0 Å². The molecule has 5 rings (SSSR count). The summed E-state index contributed by atoms with van der Waals surface area (Å²) in [6.07, 6.45) is 9.70. The van der Waals surface area contributed by atoms with E-state index in [-0.39, 0.29) is 0 Å². The highest BCUT2D eigenvalue weighted by atomic mass is 35.5. The molecule has 3 aromatic rings. The molecule has 2 fully saturated rings. The number of thiophene rings is 1. The molecular weight excluding hydrogens is 420 g/mol. The number of terminal acetylenes is 1. The van der Waals surface area contributed by atoms with Crippen LogP contribution in [0.1, 0.15) is 37.8 Å². The Morgan fingerprint density at radius 2 is 2.17 bits per heavy atom. The number of nitrogens with zero attached hydrogens (tertiary/aromatic N) is 3. The summed E-state index contributed by atoms with van der Waals surface area (Å²) in [7, 11) is 0. The number of aromatic amines is 1. The van der Waals surface area contributed by atoms with Crippen molar-refractivity contribution in [1.29, 1.82) is 0 Å². The van der Waals surface area contributed by atoms with Crippen LogP contribution in [-0.2, 0) is 4.74 Å². The van der Waals surface area contributed by atoms with Gasteiger partial charge in [-0.05, 0) is 38.3 Å².